The molecule has 2 aromatic rings. The highest BCUT2D eigenvalue weighted by atomic mass is 35.5. The van der Waals surface area contributed by atoms with Crippen LogP contribution in [0.5, 0.6) is 5.75 Å². The first-order chi connectivity index (χ1) is 6.74. The summed E-state index contributed by atoms with van der Waals surface area (Å²) in [5, 5.41) is 1.22. The van der Waals surface area contributed by atoms with Crippen molar-refractivity contribution in [1.29, 1.82) is 0 Å². The van der Waals surface area contributed by atoms with E-state index in [4.69, 9.17) is 16.3 Å². The van der Waals surface area contributed by atoms with Crippen LogP contribution in [0.15, 0.2) is 18.2 Å². The van der Waals surface area contributed by atoms with Crippen molar-refractivity contribution in [3.63, 3.8) is 0 Å². The van der Waals surface area contributed by atoms with Crippen molar-refractivity contribution in [2.75, 3.05) is 7.11 Å². The van der Waals surface area contributed by atoms with E-state index in [9.17, 15) is 0 Å². The summed E-state index contributed by atoms with van der Waals surface area (Å²) in [6, 6.07) is 6.34. The molecule has 0 amide bonds. The van der Waals surface area contributed by atoms with Crippen LogP contribution >= 0.6 is 22.9 Å². The average Bonchev–Trinajstić information content (AvgIpc) is 2.59. The Kier molecular flexibility index (Phi) is 2.66. The van der Waals surface area contributed by atoms with Crippen LogP contribution in [-0.2, 0) is 5.88 Å². The zero-order valence-electron chi connectivity index (χ0n) is 8.13. The average molecular weight is 227 g/mol. The minimum Gasteiger partial charge on any atom is -0.495 e. The van der Waals surface area contributed by atoms with Crippen molar-refractivity contribution in [2.45, 2.75) is 12.8 Å². The van der Waals surface area contributed by atoms with E-state index in [0.717, 1.165) is 5.75 Å². The number of alkyl halides is 1. The van der Waals surface area contributed by atoms with Crippen LogP contribution in [0.1, 0.15) is 10.4 Å². The molecule has 0 aliphatic carbocycles. The number of ether oxygens (including phenoxy) is 1. The number of thiophene rings is 1. The number of methoxy groups -OCH3 is 1. The van der Waals surface area contributed by atoms with Crippen molar-refractivity contribution >= 4 is 33.0 Å². The number of aryl methyl sites for hydroxylation is 1. The summed E-state index contributed by atoms with van der Waals surface area (Å²) >= 11 is 7.50. The van der Waals surface area contributed by atoms with Crippen molar-refractivity contribution in [2.24, 2.45) is 0 Å². The van der Waals surface area contributed by atoms with Gasteiger partial charge in [-0.05, 0) is 30.0 Å². The molecule has 1 aromatic heterocycles. The van der Waals surface area contributed by atoms with Crippen LogP contribution in [-0.4, -0.2) is 7.11 Å². The van der Waals surface area contributed by atoms with Crippen LogP contribution in [0.25, 0.3) is 10.1 Å². The highest BCUT2D eigenvalue weighted by Crippen LogP contribution is 2.35. The summed E-state index contributed by atoms with van der Waals surface area (Å²) < 4.78 is 6.52. The van der Waals surface area contributed by atoms with Gasteiger partial charge in [0.05, 0.1) is 17.7 Å². The molecule has 0 N–H and O–H groups in total. The normalized spacial score (nSPS) is 10.8. The highest BCUT2D eigenvalue weighted by molar-refractivity contribution is 7.19. The van der Waals surface area contributed by atoms with E-state index < -0.39 is 0 Å². The van der Waals surface area contributed by atoms with Gasteiger partial charge >= 0.3 is 0 Å². The molecule has 1 aromatic carbocycles. The predicted octanol–water partition coefficient (Wildman–Crippen LogP) is 3.96. The van der Waals surface area contributed by atoms with Gasteiger partial charge in [-0.3, -0.25) is 0 Å². The quantitative estimate of drug-likeness (QED) is 0.705. The number of rotatable bonds is 2. The number of hydrogen-bond acceptors (Lipinski definition) is 2. The molecular formula is C11H11ClOS. The van der Waals surface area contributed by atoms with Gasteiger partial charge in [0.2, 0.25) is 0 Å². The first-order valence-corrected chi connectivity index (χ1v) is 5.72. The van der Waals surface area contributed by atoms with Gasteiger partial charge in [-0.25, -0.2) is 0 Å². The Hall–Kier alpha value is -0.730. The Morgan fingerprint density at radius 2 is 2.14 bits per heavy atom. The van der Waals surface area contributed by atoms with Crippen LogP contribution < -0.4 is 4.74 Å². The largest absolute Gasteiger partial charge is 0.495 e. The monoisotopic (exact) mass is 226 g/mol. The molecule has 1 heterocycles. The lowest BCUT2D eigenvalue weighted by molar-refractivity contribution is 0.420. The fourth-order valence-corrected chi connectivity index (χ4v) is 2.76. The molecule has 0 radical (unpaired) electrons. The fraction of sp³-hybridized carbons (Fsp3) is 0.273. The second-order valence-electron chi connectivity index (χ2n) is 3.23. The fourth-order valence-electron chi connectivity index (χ4n) is 1.53. The molecule has 0 fully saturated rings. The molecule has 0 saturated heterocycles. The lowest BCUT2D eigenvalue weighted by atomic mass is 10.2. The molecule has 0 atom stereocenters. The topological polar surface area (TPSA) is 9.23 Å². The van der Waals surface area contributed by atoms with E-state index in [0.29, 0.717) is 5.88 Å². The van der Waals surface area contributed by atoms with E-state index >= 15 is 0 Å². The predicted molar refractivity (Wildman–Crippen MR) is 62.7 cm³/mol. The standard InChI is InChI=1S/C11H11ClOS/c1-7-3-8-5-9(6-12)14-11(8)10(4-7)13-2/h3-5H,6H2,1-2H3. The Balaban J connectivity index is 2.71. The second-order valence-corrected chi connectivity index (χ2v) is 4.64. The van der Waals surface area contributed by atoms with Gasteiger partial charge in [-0.15, -0.1) is 22.9 Å². The summed E-state index contributed by atoms with van der Waals surface area (Å²) in [5.74, 6) is 1.52. The molecule has 1 nitrogen and oxygen atoms in total. The Morgan fingerprint density at radius 1 is 1.36 bits per heavy atom. The molecule has 0 bridgehead atoms. The number of halogens is 1. The molecule has 0 saturated carbocycles. The molecule has 2 rings (SSSR count). The summed E-state index contributed by atoms with van der Waals surface area (Å²) in [4.78, 5) is 1.19. The smallest absolute Gasteiger partial charge is 0.136 e. The van der Waals surface area contributed by atoms with Crippen molar-refractivity contribution in [3.05, 3.63) is 28.6 Å². The first-order valence-electron chi connectivity index (χ1n) is 4.37. The van der Waals surface area contributed by atoms with E-state index in [1.807, 2.05) is 0 Å². The van der Waals surface area contributed by atoms with E-state index in [-0.39, 0.29) is 0 Å². The van der Waals surface area contributed by atoms with Crippen molar-refractivity contribution in [1.82, 2.24) is 0 Å². The third kappa shape index (κ3) is 1.60. The zero-order chi connectivity index (χ0) is 10.1. The third-order valence-electron chi connectivity index (χ3n) is 2.13. The molecular weight excluding hydrogens is 216 g/mol. The van der Waals surface area contributed by atoms with Crippen LogP contribution in [0, 0.1) is 6.92 Å². The molecule has 0 aliphatic rings. The van der Waals surface area contributed by atoms with Gasteiger partial charge in [0.25, 0.3) is 0 Å². The van der Waals surface area contributed by atoms with E-state index in [2.05, 4.69) is 25.1 Å². The van der Waals surface area contributed by atoms with Gasteiger partial charge in [0.15, 0.2) is 0 Å². The van der Waals surface area contributed by atoms with Gasteiger partial charge in [0, 0.05) is 4.88 Å². The Labute approximate surface area is 92.3 Å². The van der Waals surface area contributed by atoms with Gasteiger partial charge in [-0.2, -0.15) is 0 Å². The highest BCUT2D eigenvalue weighted by Gasteiger charge is 2.07. The Morgan fingerprint density at radius 3 is 2.79 bits per heavy atom. The Bertz CT molecular complexity index is 462. The number of hydrogen-bond donors (Lipinski definition) is 0. The molecule has 14 heavy (non-hydrogen) atoms. The SMILES string of the molecule is COc1cc(C)cc2cc(CCl)sc12. The minimum absolute atomic E-state index is 0.571. The van der Waals surface area contributed by atoms with Gasteiger partial charge < -0.3 is 4.74 Å². The molecule has 0 unspecified atom stereocenters. The van der Waals surface area contributed by atoms with Crippen molar-refractivity contribution < 1.29 is 4.74 Å². The summed E-state index contributed by atoms with van der Waals surface area (Å²) in [7, 11) is 1.70. The summed E-state index contributed by atoms with van der Waals surface area (Å²) in [6.07, 6.45) is 0. The van der Waals surface area contributed by atoms with Crippen molar-refractivity contribution in [3.8, 4) is 5.75 Å². The van der Waals surface area contributed by atoms with E-state index in [1.54, 1.807) is 18.4 Å². The lowest BCUT2D eigenvalue weighted by Crippen LogP contribution is -1.83. The van der Waals surface area contributed by atoms with Gasteiger partial charge in [-0.1, -0.05) is 6.07 Å². The maximum absolute atomic E-state index is 5.80. The first kappa shape index (κ1) is 9.81. The van der Waals surface area contributed by atoms with Crippen LogP contribution in [0.4, 0.5) is 0 Å². The second kappa shape index (κ2) is 3.79. The summed E-state index contributed by atoms with van der Waals surface area (Å²) in [6.45, 7) is 2.07. The maximum Gasteiger partial charge on any atom is 0.136 e. The number of fused-ring (bicyclic) bond motifs is 1. The van der Waals surface area contributed by atoms with E-state index in [1.165, 1.54) is 20.5 Å². The van der Waals surface area contributed by atoms with Gasteiger partial charge in [0.1, 0.15) is 5.75 Å². The number of benzene rings is 1. The third-order valence-corrected chi connectivity index (χ3v) is 3.74. The van der Waals surface area contributed by atoms with Crippen LogP contribution in [0.3, 0.4) is 0 Å². The van der Waals surface area contributed by atoms with Crippen LogP contribution in [0.2, 0.25) is 0 Å². The molecule has 3 heteroatoms. The maximum atomic E-state index is 5.80. The molecule has 0 spiro atoms. The molecule has 0 aliphatic heterocycles. The minimum atomic E-state index is 0.571. The molecule has 74 valence electrons. The zero-order valence-corrected chi connectivity index (χ0v) is 9.71. The lowest BCUT2D eigenvalue weighted by Gasteiger charge is -2.02. The summed E-state index contributed by atoms with van der Waals surface area (Å²) in [5.41, 5.74) is 1.22.